The molecule has 5 nitrogen and oxygen atoms in total. The number of hydrogen-bond acceptors (Lipinski definition) is 4. The van der Waals surface area contributed by atoms with Crippen LogP contribution in [0.2, 0.25) is 0 Å². The summed E-state index contributed by atoms with van der Waals surface area (Å²) in [6, 6.07) is 0.324. The minimum absolute atomic E-state index is 0.0877. The molecule has 118 valence electrons. The summed E-state index contributed by atoms with van der Waals surface area (Å²) in [5.74, 6) is 0.407. The summed E-state index contributed by atoms with van der Waals surface area (Å²) in [7, 11) is -3.03. The van der Waals surface area contributed by atoms with Crippen molar-refractivity contribution in [3.8, 4) is 0 Å². The fourth-order valence-electron chi connectivity index (χ4n) is 3.45. The number of nitrogens with zero attached hydrogens (tertiary/aromatic N) is 1. The van der Waals surface area contributed by atoms with E-state index >= 15 is 0 Å². The highest BCUT2D eigenvalue weighted by molar-refractivity contribution is 7.88. The molecule has 0 aliphatic carbocycles. The number of sulfonamides is 1. The average molecular weight is 304 g/mol. The molecule has 20 heavy (non-hydrogen) atoms. The molecular formula is C14H28N2O3S. The minimum Gasteiger partial charge on any atom is -0.368 e. The molecule has 0 radical (unpaired) electrons. The molecule has 2 atom stereocenters. The molecule has 0 bridgehead atoms. The van der Waals surface area contributed by atoms with Crippen LogP contribution in [0.4, 0.5) is 0 Å². The van der Waals surface area contributed by atoms with Gasteiger partial charge in [0, 0.05) is 19.1 Å². The van der Waals surface area contributed by atoms with Crippen LogP contribution in [-0.4, -0.2) is 55.9 Å². The Labute approximate surface area is 123 Å². The maximum absolute atomic E-state index is 11.5. The Balaban J connectivity index is 1.85. The molecule has 0 aromatic carbocycles. The Morgan fingerprint density at radius 2 is 1.95 bits per heavy atom. The molecule has 0 aromatic rings. The topological polar surface area (TPSA) is 58.6 Å². The van der Waals surface area contributed by atoms with E-state index in [2.05, 4.69) is 33.0 Å². The number of rotatable bonds is 4. The van der Waals surface area contributed by atoms with Crippen LogP contribution in [0.3, 0.4) is 0 Å². The predicted octanol–water partition coefficient (Wildman–Crippen LogP) is 1.20. The maximum Gasteiger partial charge on any atom is 0.211 e. The van der Waals surface area contributed by atoms with Gasteiger partial charge >= 0.3 is 0 Å². The lowest BCUT2D eigenvalue weighted by molar-refractivity contribution is -0.0699. The second-order valence-corrected chi connectivity index (χ2v) is 9.39. The Kier molecular flexibility index (Phi) is 4.24. The Bertz CT molecular complexity index is 459. The zero-order chi connectivity index (χ0) is 15.2. The smallest absolute Gasteiger partial charge is 0.211 e. The van der Waals surface area contributed by atoms with Gasteiger partial charge in [-0.15, -0.1) is 0 Å². The van der Waals surface area contributed by atoms with E-state index in [0.29, 0.717) is 25.0 Å². The first-order chi connectivity index (χ1) is 9.00. The molecule has 2 aliphatic rings. The first-order valence-corrected chi connectivity index (χ1v) is 9.23. The van der Waals surface area contributed by atoms with E-state index in [1.165, 1.54) is 6.26 Å². The maximum atomic E-state index is 11.5. The quantitative estimate of drug-likeness (QED) is 0.848. The molecule has 2 heterocycles. The number of hydrogen-bond donors (Lipinski definition) is 1. The van der Waals surface area contributed by atoms with Gasteiger partial charge in [-0.1, -0.05) is 0 Å². The SMILES string of the molecule is CC1(C)C[C@@H](NC[C@@H]2CCN(S(C)(=O)=O)C2)C(C)(C)O1. The third-order valence-corrected chi connectivity index (χ3v) is 5.71. The van der Waals surface area contributed by atoms with Gasteiger partial charge in [-0.25, -0.2) is 12.7 Å². The summed E-state index contributed by atoms with van der Waals surface area (Å²) >= 11 is 0. The van der Waals surface area contributed by atoms with E-state index in [1.54, 1.807) is 4.31 Å². The molecule has 2 saturated heterocycles. The molecule has 6 heteroatoms. The van der Waals surface area contributed by atoms with Gasteiger partial charge in [0.25, 0.3) is 0 Å². The average Bonchev–Trinajstić information content (AvgIpc) is 2.76. The van der Waals surface area contributed by atoms with Gasteiger partial charge in [0.05, 0.1) is 17.5 Å². The second kappa shape index (κ2) is 5.23. The van der Waals surface area contributed by atoms with Crippen LogP contribution >= 0.6 is 0 Å². The van der Waals surface area contributed by atoms with Crippen molar-refractivity contribution in [1.82, 2.24) is 9.62 Å². The summed E-state index contributed by atoms with van der Waals surface area (Å²) in [6.45, 7) is 10.6. The highest BCUT2D eigenvalue weighted by Crippen LogP contribution is 2.37. The molecule has 0 saturated carbocycles. The Hall–Kier alpha value is -0.170. The second-order valence-electron chi connectivity index (χ2n) is 7.41. The lowest BCUT2D eigenvalue weighted by Gasteiger charge is -2.28. The normalized spacial score (nSPS) is 33.6. The van der Waals surface area contributed by atoms with Crippen molar-refractivity contribution in [2.45, 2.75) is 57.8 Å². The van der Waals surface area contributed by atoms with Gasteiger partial charge in [0.1, 0.15) is 0 Å². The zero-order valence-corrected chi connectivity index (χ0v) is 14.1. The van der Waals surface area contributed by atoms with Crippen molar-refractivity contribution in [1.29, 1.82) is 0 Å². The van der Waals surface area contributed by atoms with Crippen molar-refractivity contribution in [2.75, 3.05) is 25.9 Å². The highest BCUT2D eigenvalue weighted by atomic mass is 32.2. The highest BCUT2D eigenvalue weighted by Gasteiger charge is 2.45. The van der Waals surface area contributed by atoms with Crippen molar-refractivity contribution in [2.24, 2.45) is 5.92 Å². The predicted molar refractivity (Wildman–Crippen MR) is 80.2 cm³/mol. The third kappa shape index (κ3) is 3.72. The van der Waals surface area contributed by atoms with E-state index in [-0.39, 0.29) is 11.2 Å². The molecule has 0 aromatic heterocycles. The first-order valence-electron chi connectivity index (χ1n) is 7.38. The molecular weight excluding hydrogens is 276 g/mol. The van der Waals surface area contributed by atoms with Crippen molar-refractivity contribution in [3.05, 3.63) is 0 Å². The van der Waals surface area contributed by atoms with Gasteiger partial charge in [-0.3, -0.25) is 0 Å². The molecule has 0 unspecified atom stereocenters. The van der Waals surface area contributed by atoms with Gasteiger partial charge < -0.3 is 10.1 Å². The van der Waals surface area contributed by atoms with Gasteiger partial charge in [-0.05, 0) is 53.0 Å². The van der Waals surface area contributed by atoms with E-state index < -0.39 is 10.0 Å². The lowest BCUT2D eigenvalue weighted by Crippen LogP contribution is -2.45. The summed E-state index contributed by atoms with van der Waals surface area (Å²) in [5.41, 5.74) is -0.256. The summed E-state index contributed by atoms with van der Waals surface area (Å²) < 4.78 is 30.7. The van der Waals surface area contributed by atoms with E-state index in [4.69, 9.17) is 4.74 Å². The molecule has 1 N–H and O–H groups in total. The summed E-state index contributed by atoms with van der Waals surface area (Å²) in [5, 5.41) is 3.59. The van der Waals surface area contributed by atoms with Crippen molar-refractivity contribution >= 4 is 10.0 Å². The fraction of sp³-hybridized carbons (Fsp3) is 1.00. The zero-order valence-electron chi connectivity index (χ0n) is 13.3. The van der Waals surface area contributed by atoms with Crippen LogP contribution in [0, 0.1) is 5.92 Å². The summed E-state index contributed by atoms with van der Waals surface area (Å²) in [6.07, 6.45) is 3.22. The van der Waals surface area contributed by atoms with Crippen LogP contribution in [0.5, 0.6) is 0 Å². The van der Waals surface area contributed by atoms with Gasteiger partial charge in [0.2, 0.25) is 10.0 Å². The minimum atomic E-state index is -3.03. The molecule has 2 aliphatic heterocycles. The van der Waals surface area contributed by atoms with Crippen LogP contribution in [0.25, 0.3) is 0 Å². The first kappa shape index (κ1) is 16.2. The van der Waals surface area contributed by atoms with E-state index in [9.17, 15) is 8.42 Å². The third-order valence-electron chi connectivity index (χ3n) is 4.44. The monoisotopic (exact) mass is 304 g/mol. The molecule has 2 fully saturated rings. The Morgan fingerprint density at radius 3 is 2.40 bits per heavy atom. The number of ether oxygens (including phenoxy) is 1. The van der Waals surface area contributed by atoms with Crippen molar-refractivity contribution in [3.63, 3.8) is 0 Å². The van der Waals surface area contributed by atoms with Crippen LogP contribution in [0.1, 0.15) is 40.5 Å². The standard InChI is InChI=1S/C14H28N2O3S/c1-13(2)8-12(14(3,4)19-13)15-9-11-6-7-16(10-11)20(5,17)18/h11-12,15H,6-10H2,1-5H3/t11-,12+/m0/s1. The fourth-order valence-corrected chi connectivity index (χ4v) is 4.37. The Morgan fingerprint density at radius 1 is 1.30 bits per heavy atom. The van der Waals surface area contributed by atoms with Crippen LogP contribution < -0.4 is 5.32 Å². The van der Waals surface area contributed by atoms with Crippen molar-refractivity contribution < 1.29 is 13.2 Å². The number of nitrogens with one attached hydrogen (secondary N) is 1. The van der Waals surface area contributed by atoms with E-state index in [0.717, 1.165) is 19.4 Å². The largest absolute Gasteiger partial charge is 0.368 e. The van der Waals surface area contributed by atoms with E-state index in [1.807, 2.05) is 0 Å². The van der Waals surface area contributed by atoms with Crippen LogP contribution in [-0.2, 0) is 14.8 Å². The molecule has 0 spiro atoms. The van der Waals surface area contributed by atoms with Crippen LogP contribution in [0.15, 0.2) is 0 Å². The summed E-state index contributed by atoms with van der Waals surface area (Å²) in [4.78, 5) is 0. The molecule has 2 rings (SSSR count). The van der Waals surface area contributed by atoms with Gasteiger partial charge in [0.15, 0.2) is 0 Å². The lowest BCUT2D eigenvalue weighted by atomic mass is 9.94. The molecule has 0 amide bonds. The van der Waals surface area contributed by atoms with Gasteiger partial charge in [-0.2, -0.15) is 0 Å².